The van der Waals surface area contributed by atoms with Gasteiger partial charge in [-0.1, -0.05) is 77.0 Å². The highest BCUT2D eigenvalue weighted by molar-refractivity contribution is 5.13. The summed E-state index contributed by atoms with van der Waals surface area (Å²) in [5.74, 6) is -1.26. The molecule has 8 rings (SSSR count). The van der Waals surface area contributed by atoms with Gasteiger partial charge in [-0.25, -0.2) is 0 Å². The topological polar surface area (TPSA) is 83.9 Å². The summed E-state index contributed by atoms with van der Waals surface area (Å²) in [6, 6.07) is 0. The first kappa shape index (κ1) is 30.0. The lowest BCUT2D eigenvalue weighted by Gasteiger charge is -2.65. The van der Waals surface area contributed by atoms with Crippen LogP contribution in [0.1, 0.15) is 154 Å². The van der Waals surface area contributed by atoms with E-state index in [9.17, 15) is 10.4 Å². The van der Waals surface area contributed by atoms with Crippen LogP contribution in [0.4, 0.5) is 0 Å². The molecule has 244 valence electrons. The first-order chi connectivity index (χ1) is 20.8. The smallest absolute Gasteiger partial charge is 0.172 e. The van der Waals surface area contributed by atoms with Gasteiger partial charge in [0.1, 0.15) is 0 Å². The number of hydroxylamine groups is 4. The van der Waals surface area contributed by atoms with Crippen LogP contribution in [0, 0.1) is 5.41 Å². The lowest BCUT2D eigenvalue weighted by molar-refractivity contribution is -0.423. The highest BCUT2D eigenvalue weighted by Crippen LogP contribution is 2.59. The van der Waals surface area contributed by atoms with Crippen LogP contribution in [-0.2, 0) is 18.9 Å². The van der Waals surface area contributed by atoms with Gasteiger partial charge in [-0.3, -0.25) is 0 Å². The summed E-state index contributed by atoms with van der Waals surface area (Å²) in [5, 5.41) is 27.4. The molecule has 0 radical (unpaired) electrons. The summed E-state index contributed by atoms with van der Waals surface area (Å²) in [4.78, 5) is 0. The van der Waals surface area contributed by atoms with E-state index in [0.717, 1.165) is 77.0 Å². The molecule has 7 spiro atoms. The fraction of sp³-hybridized carbons (Fsp3) is 1.00. The van der Waals surface area contributed by atoms with Crippen molar-refractivity contribution >= 4 is 0 Å². The van der Waals surface area contributed by atoms with E-state index < -0.39 is 11.6 Å². The number of nitrogens with zero attached hydrogens (tertiary/aromatic N) is 2. The fourth-order valence-electron chi connectivity index (χ4n) is 11.7. The Labute approximate surface area is 259 Å². The Kier molecular flexibility index (Phi) is 7.59. The van der Waals surface area contributed by atoms with Gasteiger partial charge < -0.3 is 29.4 Å². The maximum Gasteiger partial charge on any atom is 0.172 e. The quantitative estimate of drug-likeness (QED) is 0.300. The molecule has 0 aromatic heterocycles. The Morgan fingerprint density at radius 3 is 0.814 bits per heavy atom. The van der Waals surface area contributed by atoms with Crippen LogP contribution >= 0.6 is 0 Å². The summed E-state index contributed by atoms with van der Waals surface area (Å²) >= 11 is 0. The molecule has 4 saturated carbocycles. The molecule has 8 fully saturated rings. The van der Waals surface area contributed by atoms with Gasteiger partial charge in [0.25, 0.3) is 0 Å². The van der Waals surface area contributed by atoms with Gasteiger partial charge in [-0.05, 0) is 51.4 Å². The second-order valence-corrected chi connectivity index (χ2v) is 16.9. The van der Waals surface area contributed by atoms with Crippen LogP contribution < -0.4 is 0 Å². The third kappa shape index (κ3) is 4.90. The van der Waals surface area contributed by atoms with Crippen molar-refractivity contribution in [1.29, 1.82) is 0 Å². The molecule has 0 aromatic carbocycles. The minimum absolute atomic E-state index is 0.233. The summed E-state index contributed by atoms with van der Waals surface area (Å²) in [6.45, 7) is 2.35. The molecule has 0 bridgehead atoms. The second-order valence-electron chi connectivity index (χ2n) is 16.9. The number of hydrogen-bond donors (Lipinski definition) is 2. The number of hydrogen-bond acceptors (Lipinski definition) is 8. The number of piperidine rings is 2. The van der Waals surface area contributed by atoms with Crippen molar-refractivity contribution < 1.29 is 29.4 Å². The molecular weight excluding hydrogens is 544 g/mol. The Bertz CT molecular complexity index is 850. The summed E-state index contributed by atoms with van der Waals surface area (Å²) in [7, 11) is 0. The van der Waals surface area contributed by atoms with E-state index in [1.54, 1.807) is 0 Å². The summed E-state index contributed by atoms with van der Waals surface area (Å²) in [5.41, 5.74) is -1.24. The van der Waals surface area contributed by atoms with Crippen LogP contribution in [0.5, 0.6) is 0 Å². The molecule has 4 aliphatic heterocycles. The van der Waals surface area contributed by atoms with Crippen LogP contribution in [-0.4, -0.2) is 80.7 Å². The van der Waals surface area contributed by atoms with Gasteiger partial charge >= 0.3 is 0 Å². The van der Waals surface area contributed by atoms with Crippen molar-refractivity contribution in [1.82, 2.24) is 10.1 Å². The molecule has 0 amide bonds. The first-order valence-corrected chi connectivity index (χ1v) is 18.3. The zero-order valence-corrected chi connectivity index (χ0v) is 26.7. The minimum Gasteiger partial charge on any atom is -0.349 e. The molecule has 2 N–H and O–H groups in total. The minimum atomic E-state index is -0.630. The normalized spacial score (nSPS) is 42.8. The Morgan fingerprint density at radius 1 is 0.349 bits per heavy atom. The van der Waals surface area contributed by atoms with Crippen molar-refractivity contribution in [2.75, 3.05) is 26.4 Å². The van der Waals surface area contributed by atoms with Gasteiger partial charge in [0, 0.05) is 25.7 Å². The van der Waals surface area contributed by atoms with E-state index in [4.69, 9.17) is 18.9 Å². The lowest BCUT2D eigenvalue weighted by atomic mass is 9.64. The number of rotatable bonds is 0. The highest BCUT2D eigenvalue weighted by atomic mass is 16.7. The van der Waals surface area contributed by atoms with Crippen molar-refractivity contribution in [3.63, 3.8) is 0 Å². The van der Waals surface area contributed by atoms with E-state index in [1.807, 2.05) is 10.1 Å². The average molecular weight is 603 g/mol. The third-order valence-corrected chi connectivity index (χ3v) is 13.9. The predicted molar refractivity (Wildman–Crippen MR) is 161 cm³/mol. The third-order valence-electron chi connectivity index (χ3n) is 13.9. The Hall–Kier alpha value is -0.320. The molecule has 8 heteroatoms. The largest absolute Gasteiger partial charge is 0.349 e. The molecule has 0 aromatic rings. The van der Waals surface area contributed by atoms with Crippen LogP contribution in [0.15, 0.2) is 0 Å². The molecular formula is C35H58N2O6. The van der Waals surface area contributed by atoms with E-state index in [2.05, 4.69) is 0 Å². The summed E-state index contributed by atoms with van der Waals surface area (Å²) in [6.07, 6.45) is 25.7. The molecule has 8 nitrogen and oxygen atoms in total. The van der Waals surface area contributed by atoms with E-state index in [-0.39, 0.29) is 27.6 Å². The van der Waals surface area contributed by atoms with Gasteiger partial charge in [0.2, 0.25) is 0 Å². The van der Waals surface area contributed by atoms with Crippen LogP contribution in [0.2, 0.25) is 0 Å². The SMILES string of the molecule is ON1C2(CCCCC2)CC2(CC13CCCCC3)OCC1(CO2)COC2(CC3(CCCCC3)N(O)C3(CCCCC3)C2)OC1. The van der Waals surface area contributed by atoms with Crippen molar-refractivity contribution in [2.45, 2.75) is 188 Å². The maximum atomic E-state index is 11.8. The zero-order chi connectivity index (χ0) is 29.3. The van der Waals surface area contributed by atoms with Gasteiger partial charge in [0.15, 0.2) is 11.6 Å². The zero-order valence-electron chi connectivity index (χ0n) is 26.7. The fourth-order valence-corrected chi connectivity index (χ4v) is 11.7. The molecule has 0 atom stereocenters. The van der Waals surface area contributed by atoms with Crippen LogP contribution in [0.25, 0.3) is 0 Å². The lowest BCUT2D eigenvalue weighted by Crippen LogP contribution is -2.73. The summed E-state index contributed by atoms with van der Waals surface area (Å²) < 4.78 is 27.8. The Balaban J connectivity index is 1.00. The predicted octanol–water partition coefficient (Wildman–Crippen LogP) is 7.24. The number of ether oxygens (including phenoxy) is 4. The molecule has 4 aliphatic carbocycles. The molecule has 0 unspecified atom stereocenters. The van der Waals surface area contributed by atoms with Crippen molar-refractivity contribution in [3.8, 4) is 0 Å². The monoisotopic (exact) mass is 602 g/mol. The molecule has 4 heterocycles. The van der Waals surface area contributed by atoms with Crippen LogP contribution in [0.3, 0.4) is 0 Å². The standard InChI is InChI=1S/C35H58N2O6/c38-36-30(13-5-1-6-14-30)21-34(22-31(36)15-7-2-8-16-31)40-25-29(26-41-34)27-42-35(43-28-29)23-32(17-9-3-10-18-32)37(39)33(24-35)19-11-4-12-20-33/h38-39H,1-28H2. The van der Waals surface area contributed by atoms with Gasteiger partial charge in [0.05, 0.1) is 54.0 Å². The Morgan fingerprint density at radius 2 is 0.581 bits per heavy atom. The van der Waals surface area contributed by atoms with Crippen molar-refractivity contribution in [2.24, 2.45) is 5.41 Å². The second kappa shape index (κ2) is 10.9. The van der Waals surface area contributed by atoms with E-state index in [0.29, 0.717) is 26.4 Å². The van der Waals surface area contributed by atoms with Gasteiger partial charge in [-0.2, -0.15) is 10.1 Å². The van der Waals surface area contributed by atoms with E-state index >= 15 is 0 Å². The molecule has 8 aliphatic rings. The molecule has 43 heavy (non-hydrogen) atoms. The highest BCUT2D eigenvalue weighted by Gasteiger charge is 2.65. The molecule has 4 saturated heterocycles. The maximum absolute atomic E-state index is 11.8. The van der Waals surface area contributed by atoms with E-state index in [1.165, 1.54) is 77.0 Å². The van der Waals surface area contributed by atoms with Gasteiger partial charge in [-0.15, -0.1) is 0 Å². The van der Waals surface area contributed by atoms with Crippen molar-refractivity contribution in [3.05, 3.63) is 0 Å². The first-order valence-electron chi connectivity index (χ1n) is 18.3. The average Bonchev–Trinajstić information content (AvgIpc) is 3.04.